The zero-order valence-electron chi connectivity index (χ0n) is 17.0. The lowest BCUT2D eigenvalue weighted by Crippen LogP contribution is -2.15. The molecule has 0 heterocycles. The first kappa shape index (κ1) is 20.1. The van der Waals surface area contributed by atoms with Crippen LogP contribution in [-0.4, -0.2) is 5.11 Å². The van der Waals surface area contributed by atoms with E-state index in [9.17, 15) is 5.11 Å². The van der Waals surface area contributed by atoms with E-state index in [1.165, 1.54) is 0 Å². The van der Waals surface area contributed by atoms with E-state index in [1.807, 2.05) is 30.3 Å². The van der Waals surface area contributed by atoms with Crippen molar-refractivity contribution < 1.29 is 9.50 Å². The van der Waals surface area contributed by atoms with Crippen molar-refractivity contribution in [1.82, 2.24) is 0 Å². The second-order valence-electron chi connectivity index (χ2n) is 7.78. The fraction of sp³-hybridized carbons (Fsp3) is 0.308. The van der Waals surface area contributed by atoms with Gasteiger partial charge < -0.3 is 5.11 Å². The molecule has 146 valence electrons. The van der Waals surface area contributed by atoms with Crippen molar-refractivity contribution >= 4 is 10.8 Å². The molecule has 1 N–H and O–H groups in total. The van der Waals surface area contributed by atoms with Crippen LogP contribution in [0.5, 0.6) is 5.75 Å². The summed E-state index contributed by atoms with van der Waals surface area (Å²) in [5, 5.41) is 12.7. The lowest BCUT2D eigenvalue weighted by molar-refractivity contribution is 0.441. The average molecular weight is 377 g/mol. The Morgan fingerprint density at radius 2 is 1.89 bits per heavy atom. The fourth-order valence-electron chi connectivity index (χ4n) is 4.08. The third-order valence-corrected chi connectivity index (χ3v) is 5.57. The van der Waals surface area contributed by atoms with Gasteiger partial charge in [0, 0.05) is 17.4 Å². The van der Waals surface area contributed by atoms with Crippen molar-refractivity contribution in [3.63, 3.8) is 0 Å². The summed E-state index contributed by atoms with van der Waals surface area (Å²) in [6.07, 6.45) is 9.26. The predicted octanol–water partition coefficient (Wildman–Crippen LogP) is 7.61. The van der Waals surface area contributed by atoms with Crippen molar-refractivity contribution in [1.29, 1.82) is 0 Å². The zero-order valence-corrected chi connectivity index (χ0v) is 17.0. The third kappa shape index (κ3) is 3.96. The molecule has 0 aliphatic heterocycles. The first-order valence-electron chi connectivity index (χ1n) is 10.1. The minimum Gasteiger partial charge on any atom is -0.508 e. The maximum Gasteiger partial charge on any atom is 0.120 e. The van der Waals surface area contributed by atoms with Crippen molar-refractivity contribution in [2.24, 2.45) is 11.8 Å². The van der Waals surface area contributed by atoms with Gasteiger partial charge in [0.05, 0.1) is 0 Å². The summed E-state index contributed by atoms with van der Waals surface area (Å²) in [5.41, 5.74) is 2.79. The number of benzene rings is 2. The van der Waals surface area contributed by atoms with Crippen molar-refractivity contribution in [3.05, 3.63) is 89.8 Å². The number of allylic oxidation sites excluding steroid dienone is 7. The van der Waals surface area contributed by atoms with Crippen LogP contribution in [-0.2, 0) is 0 Å². The van der Waals surface area contributed by atoms with Crippen LogP contribution in [0.4, 0.5) is 4.39 Å². The Kier molecular flexibility index (Phi) is 6.18. The summed E-state index contributed by atoms with van der Waals surface area (Å²) in [7, 11) is 0. The Balaban J connectivity index is 2.14. The molecule has 2 unspecified atom stereocenters. The number of phenols is 1. The molecule has 0 radical (unpaired) electrons. The SMILES string of the molecule is C=CC(c1cc2ccccc2cc1O)C1C(F)=CC(C(C)C)=CC/C1=C/CC. The molecule has 28 heavy (non-hydrogen) atoms. The summed E-state index contributed by atoms with van der Waals surface area (Å²) in [5.74, 6) is -0.484. The van der Waals surface area contributed by atoms with Gasteiger partial charge in [-0.15, -0.1) is 6.58 Å². The molecule has 0 bridgehead atoms. The molecular weight excluding hydrogens is 347 g/mol. The maximum atomic E-state index is 15.5. The highest BCUT2D eigenvalue weighted by Gasteiger charge is 2.31. The molecule has 0 saturated carbocycles. The van der Waals surface area contributed by atoms with E-state index < -0.39 is 5.92 Å². The quantitative estimate of drug-likeness (QED) is 0.532. The summed E-state index contributed by atoms with van der Waals surface area (Å²) in [6, 6.07) is 11.6. The van der Waals surface area contributed by atoms with Gasteiger partial charge in [-0.3, -0.25) is 0 Å². The summed E-state index contributed by atoms with van der Waals surface area (Å²) in [4.78, 5) is 0. The van der Waals surface area contributed by atoms with E-state index in [4.69, 9.17) is 0 Å². The molecule has 2 atom stereocenters. The fourth-order valence-corrected chi connectivity index (χ4v) is 4.08. The number of hydrogen-bond acceptors (Lipinski definition) is 1. The topological polar surface area (TPSA) is 20.2 Å². The van der Waals surface area contributed by atoms with E-state index in [1.54, 1.807) is 18.2 Å². The van der Waals surface area contributed by atoms with Gasteiger partial charge in [-0.05, 0) is 53.3 Å². The van der Waals surface area contributed by atoms with Crippen molar-refractivity contribution in [2.75, 3.05) is 0 Å². The molecule has 0 saturated heterocycles. The summed E-state index contributed by atoms with van der Waals surface area (Å²) < 4.78 is 15.5. The van der Waals surface area contributed by atoms with Gasteiger partial charge in [-0.2, -0.15) is 0 Å². The number of phenolic OH excluding ortho intramolecular Hbond substituents is 1. The molecule has 3 rings (SSSR count). The van der Waals surface area contributed by atoms with Crippen LogP contribution in [0.15, 0.2) is 84.3 Å². The van der Waals surface area contributed by atoms with Crippen LogP contribution in [0, 0.1) is 11.8 Å². The molecule has 0 aromatic heterocycles. The number of aromatic hydroxyl groups is 1. The largest absolute Gasteiger partial charge is 0.508 e. The lowest BCUT2D eigenvalue weighted by Gasteiger charge is -2.26. The molecule has 2 aromatic rings. The number of fused-ring (bicyclic) bond motifs is 1. The Labute approximate surface area is 167 Å². The second kappa shape index (κ2) is 8.60. The predicted molar refractivity (Wildman–Crippen MR) is 117 cm³/mol. The van der Waals surface area contributed by atoms with Gasteiger partial charge in [0.2, 0.25) is 0 Å². The Morgan fingerprint density at radius 1 is 1.21 bits per heavy atom. The van der Waals surface area contributed by atoms with Gasteiger partial charge in [0.15, 0.2) is 0 Å². The van der Waals surface area contributed by atoms with Gasteiger partial charge in [-0.25, -0.2) is 4.39 Å². The molecule has 0 amide bonds. The van der Waals surface area contributed by atoms with Gasteiger partial charge in [-0.1, -0.05) is 68.8 Å². The van der Waals surface area contributed by atoms with Crippen LogP contribution in [0.1, 0.15) is 45.1 Å². The molecule has 1 aliphatic carbocycles. The Hall–Kier alpha value is -2.61. The average Bonchev–Trinajstić information content (AvgIpc) is 2.83. The van der Waals surface area contributed by atoms with Crippen LogP contribution >= 0.6 is 0 Å². The van der Waals surface area contributed by atoms with Crippen LogP contribution in [0.25, 0.3) is 10.8 Å². The smallest absolute Gasteiger partial charge is 0.120 e. The minimum absolute atomic E-state index is 0.158. The van der Waals surface area contributed by atoms with Gasteiger partial charge in [0.1, 0.15) is 11.6 Å². The molecule has 0 fully saturated rings. The molecule has 1 aliphatic rings. The maximum absolute atomic E-state index is 15.5. The van der Waals surface area contributed by atoms with E-state index in [-0.39, 0.29) is 23.4 Å². The normalized spacial score (nSPS) is 20.0. The first-order valence-corrected chi connectivity index (χ1v) is 10.1. The van der Waals surface area contributed by atoms with E-state index in [0.29, 0.717) is 6.42 Å². The highest BCUT2D eigenvalue weighted by molar-refractivity contribution is 5.85. The Morgan fingerprint density at radius 3 is 2.50 bits per heavy atom. The van der Waals surface area contributed by atoms with Gasteiger partial charge in [0.25, 0.3) is 0 Å². The van der Waals surface area contributed by atoms with Crippen LogP contribution < -0.4 is 0 Å². The molecule has 1 nitrogen and oxygen atoms in total. The standard InChI is InChI=1S/C26H29FO/c1-5-9-18-12-13-19(17(3)4)15-24(27)26(18)22(6-2)23-14-20-10-7-8-11-21(20)16-25(23)28/h6-11,13-17,22,26,28H,2,5,12H2,1,3-4H3/b18-9-. The zero-order chi connectivity index (χ0) is 20.3. The highest BCUT2D eigenvalue weighted by atomic mass is 19.1. The second-order valence-corrected chi connectivity index (χ2v) is 7.78. The summed E-state index contributed by atoms with van der Waals surface area (Å²) >= 11 is 0. The highest BCUT2D eigenvalue weighted by Crippen LogP contribution is 2.44. The van der Waals surface area contributed by atoms with Crippen LogP contribution in [0.3, 0.4) is 0 Å². The van der Waals surface area contributed by atoms with Gasteiger partial charge >= 0.3 is 0 Å². The molecular formula is C26H29FO. The third-order valence-electron chi connectivity index (χ3n) is 5.57. The molecule has 2 heteroatoms. The minimum atomic E-state index is -0.447. The van der Waals surface area contributed by atoms with E-state index >= 15 is 4.39 Å². The molecule has 2 aromatic carbocycles. The first-order chi connectivity index (χ1) is 13.5. The lowest BCUT2D eigenvalue weighted by atomic mass is 9.78. The van der Waals surface area contributed by atoms with Crippen LogP contribution in [0.2, 0.25) is 0 Å². The Bertz CT molecular complexity index is 962. The molecule has 0 spiro atoms. The van der Waals surface area contributed by atoms with E-state index in [2.05, 4.69) is 39.5 Å². The van der Waals surface area contributed by atoms with E-state index in [0.717, 1.165) is 33.9 Å². The number of hydrogen-bond donors (Lipinski definition) is 1. The van der Waals surface area contributed by atoms with Crippen molar-refractivity contribution in [3.8, 4) is 5.75 Å². The summed E-state index contributed by atoms with van der Waals surface area (Å²) in [6.45, 7) is 10.2. The number of halogens is 1. The number of rotatable bonds is 5. The van der Waals surface area contributed by atoms with Crippen molar-refractivity contribution in [2.45, 2.75) is 39.5 Å². The monoisotopic (exact) mass is 376 g/mol.